The van der Waals surface area contributed by atoms with Crippen molar-refractivity contribution in [3.8, 4) is 0 Å². The number of methoxy groups -OCH3 is 1. The van der Waals surface area contributed by atoms with E-state index < -0.39 is 5.97 Å². The number of hydrogen-bond donors (Lipinski definition) is 1. The molecule has 1 heterocycles. The van der Waals surface area contributed by atoms with Gasteiger partial charge in [-0.15, -0.1) is 0 Å². The third-order valence-electron chi connectivity index (χ3n) is 3.69. The molecule has 1 rings (SSSR count). The van der Waals surface area contributed by atoms with Crippen LogP contribution in [-0.4, -0.2) is 66.8 Å². The summed E-state index contributed by atoms with van der Waals surface area (Å²) in [6.45, 7) is 3.83. The Kier molecular flexibility index (Phi) is 6.08. The number of carbonyl (C=O) groups excluding carboxylic acids is 1. The fourth-order valence-electron chi connectivity index (χ4n) is 2.33. The summed E-state index contributed by atoms with van der Waals surface area (Å²) in [7, 11) is 3.39. The summed E-state index contributed by atoms with van der Waals surface area (Å²) in [5.74, 6) is -0.457. The van der Waals surface area contributed by atoms with Gasteiger partial charge in [0.25, 0.3) is 0 Å². The van der Waals surface area contributed by atoms with E-state index in [4.69, 9.17) is 9.84 Å². The maximum atomic E-state index is 12.2. The van der Waals surface area contributed by atoms with Crippen molar-refractivity contribution < 1.29 is 19.4 Å². The number of rotatable bonds is 6. The van der Waals surface area contributed by atoms with Gasteiger partial charge in [0.15, 0.2) is 0 Å². The van der Waals surface area contributed by atoms with Gasteiger partial charge >= 0.3 is 12.0 Å². The molecule has 0 spiro atoms. The Morgan fingerprint density at radius 1 is 1.53 bits per heavy atom. The van der Waals surface area contributed by atoms with Crippen LogP contribution in [-0.2, 0) is 9.53 Å². The van der Waals surface area contributed by atoms with Crippen molar-refractivity contribution in [2.24, 2.45) is 5.92 Å². The fraction of sp³-hybridized carbons (Fsp3) is 0.846. The van der Waals surface area contributed by atoms with Gasteiger partial charge in [-0.2, -0.15) is 0 Å². The van der Waals surface area contributed by atoms with Crippen molar-refractivity contribution in [2.75, 3.05) is 33.9 Å². The summed E-state index contributed by atoms with van der Waals surface area (Å²) in [4.78, 5) is 26.3. The lowest BCUT2D eigenvalue weighted by atomic mass is 10.0. The quantitative estimate of drug-likeness (QED) is 0.790. The maximum absolute atomic E-state index is 12.2. The van der Waals surface area contributed by atoms with E-state index in [1.807, 2.05) is 6.92 Å². The number of likely N-dealkylation sites (N-methyl/N-ethyl adjacent to an activating group) is 1. The largest absolute Gasteiger partial charge is 0.481 e. The molecule has 1 aliphatic heterocycles. The number of urea groups is 1. The van der Waals surface area contributed by atoms with E-state index in [1.54, 1.807) is 24.0 Å². The maximum Gasteiger partial charge on any atom is 0.320 e. The molecular weight excluding hydrogens is 248 g/mol. The smallest absolute Gasteiger partial charge is 0.320 e. The highest BCUT2D eigenvalue weighted by Crippen LogP contribution is 2.22. The minimum absolute atomic E-state index is 0.00220. The van der Waals surface area contributed by atoms with Crippen LogP contribution in [0, 0.1) is 5.92 Å². The summed E-state index contributed by atoms with van der Waals surface area (Å²) in [6, 6.07) is 0.0398. The molecule has 2 unspecified atom stereocenters. The zero-order valence-electron chi connectivity index (χ0n) is 12.0. The predicted octanol–water partition coefficient (Wildman–Crippen LogP) is 1.26. The Bertz CT molecular complexity index is 322. The molecule has 2 amide bonds. The molecule has 6 nitrogen and oxygen atoms in total. The van der Waals surface area contributed by atoms with Crippen molar-refractivity contribution in [3.05, 3.63) is 0 Å². The summed E-state index contributed by atoms with van der Waals surface area (Å²) in [6.07, 6.45) is 1.73. The molecule has 0 aromatic heterocycles. The second-order valence-corrected chi connectivity index (χ2v) is 5.23. The van der Waals surface area contributed by atoms with Crippen LogP contribution in [0.2, 0.25) is 0 Å². The molecule has 0 saturated carbocycles. The minimum Gasteiger partial charge on any atom is -0.481 e. The van der Waals surface area contributed by atoms with Gasteiger partial charge in [-0.05, 0) is 25.7 Å². The molecule has 0 aliphatic carbocycles. The number of amides is 2. The normalized spacial score (nSPS) is 20.4. The van der Waals surface area contributed by atoms with Gasteiger partial charge in [-0.1, -0.05) is 0 Å². The van der Waals surface area contributed by atoms with Crippen molar-refractivity contribution in [1.82, 2.24) is 9.80 Å². The number of nitrogens with zero attached hydrogens (tertiary/aromatic N) is 2. The van der Waals surface area contributed by atoms with Crippen LogP contribution < -0.4 is 0 Å². The lowest BCUT2D eigenvalue weighted by Gasteiger charge is -2.29. The predicted molar refractivity (Wildman–Crippen MR) is 71.0 cm³/mol. The van der Waals surface area contributed by atoms with Crippen LogP contribution in [0.3, 0.4) is 0 Å². The molecule has 0 aromatic rings. The zero-order chi connectivity index (χ0) is 14.4. The Morgan fingerprint density at radius 2 is 2.21 bits per heavy atom. The minimum atomic E-state index is -0.768. The molecule has 1 aliphatic rings. The molecule has 0 aromatic carbocycles. The van der Waals surface area contributed by atoms with Gasteiger partial charge < -0.3 is 19.6 Å². The number of aliphatic carboxylic acids is 1. The monoisotopic (exact) mass is 272 g/mol. The molecule has 1 fully saturated rings. The van der Waals surface area contributed by atoms with Gasteiger partial charge in [-0.3, -0.25) is 4.79 Å². The topological polar surface area (TPSA) is 70.1 Å². The third kappa shape index (κ3) is 4.70. The van der Waals surface area contributed by atoms with E-state index in [0.29, 0.717) is 32.0 Å². The average molecular weight is 272 g/mol. The first-order valence-corrected chi connectivity index (χ1v) is 6.68. The van der Waals surface area contributed by atoms with E-state index in [9.17, 15) is 9.59 Å². The van der Waals surface area contributed by atoms with E-state index in [-0.39, 0.29) is 18.5 Å². The van der Waals surface area contributed by atoms with E-state index in [1.165, 1.54) is 0 Å². The molecule has 2 atom stereocenters. The highest BCUT2D eigenvalue weighted by molar-refractivity contribution is 5.74. The van der Waals surface area contributed by atoms with Gasteiger partial charge in [0, 0.05) is 33.7 Å². The van der Waals surface area contributed by atoms with Gasteiger partial charge in [0.2, 0.25) is 0 Å². The third-order valence-corrected chi connectivity index (χ3v) is 3.69. The van der Waals surface area contributed by atoms with Crippen LogP contribution >= 0.6 is 0 Å². The Morgan fingerprint density at radius 3 is 2.79 bits per heavy atom. The molecule has 0 bridgehead atoms. The molecule has 110 valence electrons. The van der Waals surface area contributed by atoms with E-state index in [2.05, 4.69) is 0 Å². The molecule has 1 saturated heterocycles. The van der Waals surface area contributed by atoms with Crippen LogP contribution in [0.25, 0.3) is 0 Å². The van der Waals surface area contributed by atoms with Crippen molar-refractivity contribution in [1.29, 1.82) is 0 Å². The Hall–Kier alpha value is -1.30. The standard InChI is InChI=1S/C13H24N2O4/c1-10(9-19-3)14(2)13(18)15-7-6-11(8-15)4-5-12(16)17/h10-11H,4-9H2,1-3H3,(H,16,17). The van der Waals surface area contributed by atoms with Crippen LogP contribution in [0.4, 0.5) is 4.79 Å². The molecule has 0 radical (unpaired) electrons. The first kappa shape index (κ1) is 15.8. The number of ether oxygens (including phenoxy) is 1. The molecule has 1 N–H and O–H groups in total. The highest BCUT2D eigenvalue weighted by Gasteiger charge is 2.29. The first-order valence-electron chi connectivity index (χ1n) is 6.68. The van der Waals surface area contributed by atoms with Gasteiger partial charge in [0.05, 0.1) is 12.6 Å². The van der Waals surface area contributed by atoms with Crippen LogP contribution in [0.5, 0.6) is 0 Å². The number of likely N-dealkylation sites (tertiary alicyclic amines) is 1. The summed E-state index contributed by atoms with van der Waals surface area (Å²) in [5.41, 5.74) is 0. The highest BCUT2D eigenvalue weighted by atomic mass is 16.5. The second kappa shape index (κ2) is 7.33. The SMILES string of the molecule is COCC(C)N(C)C(=O)N1CCC(CCC(=O)O)C1. The van der Waals surface area contributed by atoms with E-state index >= 15 is 0 Å². The van der Waals surface area contributed by atoms with Gasteiger partial charge in [-0.25, -0.2) is 4.79 Å². The molecular formula is C13H24N2O4. The number of hydrogen-bond acceptors (Lipinski definition) is 3. The van der Waals surface area contributed by atoms with Crippen molar-refractivity contribution >= 4 is 12.0 Å². The average Bonchev–Trinajstić information content (AvgIpc) is 2.83. The van der Waals surface area contributed by atoms with Crippen LogP contribution in [0.15, 0.2) is 0 Å². The second-order valence-electron chi connectivity index (χ2n) is 5.23. The van der Waals surface area contributed by atoms with E-state index in [0.717, 1.165) is 6.42 Å². The summed E-state index contributed by atoms with van der Waals surface area (Å²) >= 11 is 0. The molecule has 19 heavy (non-hydrogen) atoms. The summed E-state index contributed by atoms with van der Waals surface area (Å²) < 4.78 is 5.05. The van der Waals surface area contributed by atoms with Gasteiger partial charge in [0.1, 0.15) is 0 Å². The fourth-order valence-corrected chi connectivity index (χ4v) is 2.33. The zero-order valence-corrected chi connectivity index (χ0v) is 12.0. The molecule has 6 heteroatoms. The Labute approximate surface area is 114 Å². The van der Waals surface area contributed by atoms with Crippen LogP contribution in [0.1, 0.15) is 26.2 Å². The van der Waals surface area contributed by atoms with Crippen molar-refractivity contribution in [2.45, 2.75) is 32.2 Å². The van der Waals surface area contributed by atoms with Crippen molar-refractivity contribution in [3.63, 3.8) is 0 Å². The lowest BCUT2D eigenvalue weighted by Crippen LogP contribution is -2.45. The number of carboxylic acid groups (broad SMARTS) is 1. The Balaban J connectivity index is 2.40. The lowest BCUT2D eigenvalue weighted by molar-refractivity contribution is -0.137. The number of carbonyl (C=O) groups is 2. The first-order chi connectivity index (χ1) is 8.95. The summed E-state index contributed by atoms with van der Waals surface area (Å²) in [5, 5.41) is 8.67. The number of carboxylic acids is 1.